The molecule has 1 fully saturated rings. The van der Waals surface area contributed by atoms with Crippen molar-refractivity contribution in [3.63, 3.8) is 0 Å². The summed E-state index contributed by atoms with van der Waals surface area (Å²) in [5, 5.41) is 0. The Morgan fingerprint density at radius 2 is 2.25 bits per heavy atom. The van der Waals surface area contributed by atoms with Crippen molar-refractivity contribution in [2.24, 2.45) is 0 Å². The van der Waals surface area contributed by atoms with E-state index in [1.807, 2.05) is 17.0 Å². The lowest BCUT2D eigenvalue weighted by Gasteiger charge is -2.25. The quantitative estimate of drug-likeness (QED) is 0.750. The van der Waals surface area contributed by atoms with E-state index in [4.69, 9.17) is 0 Å². The Hall–Kier alpha value is -0.350. The number of alkyl halides is 1. The second-order valence-corrected chi connectivity index (χ2v) is 6.04. The molecule has 0 radical (unpaired) electrons. The summed E-state index contributed by atoms with van der Waals surface area (Å²) in [7, 11) is 0. The van der Waals surface area contributed by atoms with Gasteiger partial charge >= 0.3 is 0 Å². The zero-order valence-electron chi connectivity index (χ0n) is 8.99. The molecule has 1 aliphatic rings. The standard InChI is InChI=1S/C12H13Br2NO/c1-8(9-3-2-4-10(13)7-9)15-6-5-11(14)12(15)16/h2-4,7-8,11H,5-6H2,1H3. The maximum Gasteiger partial charge on any atom is 0.236 e. The van der Waals surface area contributed by atoms with Crippen LogP contribution in [-0.2, 0) is 4.79 Å². The van der Waals surface area contributed by atoms with Gasteiger partial charge in [-0.25, -0.2) is 0 Å². The van der Waals surface area contributed by atoms with Crippen molar-refractivity contribution in [3.8, 4) is 0 Å². The van der Waals surface area contributed by atoms with E-state index >= 15 is 0 Å². The summed E-state index contributed by atoms with van der Waals surface area (Å²) in [6.07, 6.45) is 0.900. The molecule has 0 N–H and O–H groups in total. The molecule has 2 nitrogen and oxygen atoms in total. The van der Waals surface area contributed by atoms with Gasteiger partial charge in [-0.15, -0.1) is 0 Å². The van der Waals surface area contributed by atoms with Crippen LogP contribution in [0.2, 0.25) is 0 Å². The molecule has 16 heavy (non-hydrogen) atoms. The van der Waals surface area contributed by atoms with Crippen molar-refractivity contribution in [1.29, 1.82) is 0 Å². The zero-order chi connectivity index (χ0) is 11.7. The predicted molar refractivity (Wildman–Crippen MR) is 71.6 cm³/mol. The molecule has 1 heterocycles. The highest BCUT2D eigenvalue weighted by molar-refractivity contribution is 9.10. The molecule has 1 saturated heterocycles. The topological polar surface area (TPSA) is 20.3 Å². The summed E-state index contributed by atoms with van der Waals surface area (Å²) in [6, 6.07) is 8.27. The minimum absolute atomic E-state index is 0.00195. The van der Waals surface area contributed by atoms with Gasteiger partial charge in [0.2, 0.25) is 5.91 Å². The summed E-state index contributed by atoms with van der Waals surface area (Å²) in [6.45, 7) is 2.91. The lowest BCUT2D eigenvalue weighted by molar-refractivity contribution is -0.128. The van der Waals surface area contributed by atoms with Crippen molar-refractivity contribution < 1.29 is 4.79 Å². The highest BCUT2D eigenvalue weighted by Crippen LogP contribution is 2.29. The Morgan fingerprint density at radius 1 is 1.50 bits per heavy atom. The predicted octanol–water partition coefficient (Wildman–Crippen LogP) is 3.51. The molecule has 0 aromatic heterocycles. The van der Waals surface area contributed by atoms with E-state index in [0.29, 0.717) is 0 Å². The molecule has 2 rings (SSSR count). The maximum atomic E-state index is 11.9. The number of carbonyl (C=O) groups is 1. The highest BCUT2D eigenvalue weighted by Gasteiger charge is 2.32. The summed E-state index contributed by atoms with van der Waals surface area (Å²) >= 11 is 6.85. The number of benzene rings is 1. The third kappa shape index (κ3) is 2.33. The van der Waals surface area contributed by atoms with Crippen molar-refractivity contribution in [3.05, 3.63) is 34.3 Å². The van der Waals surface area contributed by atoms with Crippen molar-refractivity contribution in [1.82, 2.24) is 4.90 Å². The van der Waals surface area contributed by atoms with Gasteiger partial charge in [0.25, 0.3) is 0 Å². The first-order valence-electron chi connectivity index (χ1n) is 5.29. The molecule has 2 unspecified atom stereocenters. The van der Waals surface area contributed by atoms with Crippen molar-refractivity contribution >= 4 is 37.8 Å². The number of hydrogen-bond donors (Lipinski definition) is 0. The molecule has 86 valence electrons. The fraction of sp³-hybridized carbons (Fsp3) is 0.417. The molecule has 0 bridgehead atoms. The van der Waals surface area contributed by atoms with Crippen LogP contribution in [0.3, 0.4) is 0 Å². The van der Waals surface area contributed by atoms with E-state index < -0.39 is 0 Å². The van der Waals surface area contributed by atoms with Gasteiger partial charge < -0.3 is 4.90 Å². The summed E-state index contributed by atoms with van der Waals surface area (Å²) in [5.74, 6) is 0.201. The first kappa shape index (κ1) is 12.1. The normalized spacial score (nSPS) is 22.6. The van der Waals surface area contributed by atoms with E-state index in [1.54, 1.807) is 0 Å². The molecular weight excluding hydrogens is 334 g/mol. The van der Waals surface area contributed by atoms with Gasteiger partial charge in [-0.1, -0.05) is 44.0 Å². The Kier molecular flexibility index (Phi) is 3.70. The Bertz CT molecular complexity index is 408. The van der Waals surface area contributed by atoms with Crippen molar-refractivity contribution in [2.75, 3.05) is 6.54 Å². The van der Waals surface area contributed by atoms with E-state index in [1.165, 1.54) is 5.56 Å². The number of hydrogen-bond acceptors (Lipinski definition) is 1. The molecule has 0 saturated carbocycles. The number of nitrogens with zero attached hydrogens (tertiary/aromatic N) is 1. The van der Waals surface area contributed by atoms with E-state index in [0.717, 1.165) is 17.4 Å². The van der Waals surface area contributed by atoms with E-state index in [2.05, 4.69) is 50.9 Å². The SMILES string of the molecule is CC(c1cccc(Br)c1)N1CCC(Br)C1=O. The smallest absolute Gasteiger partial charge is 0.236 e. The average Bonchev–Trinajstić information content (AvgIpc) is 2.59. The van der Waals surface area contributed by atoms with Crippen LogP contribution in [0.5, 0.6) is 0 Å². The molecule has 1 aromatic carbocycles. The van der Waals surface area contributed by atoms with E-state index in [-0.39, 0.29) is 16.8 Å². The van der Waals surface area contributed by atoms with Crippen LogP contribution in [0.25, 0.3) is 0 Å². The van der Waals surface area contributed by atoms with Gasteiger partial charge in [0.05, 0.1) is 10.9 Å². The summed E-state index contributed by atoms with van der Waals surface area (Å²) < 4.78 is 1.05. The highest BCUT2D eigenvalue weighted by atomic mass is 79.9. The lowest BCUT2D eigenvalue weighted by Crippen LogP contribution is -2.30. The minimum atomic E-state index is 0.00195. The van der Waals surface area contributed by atoms with Gasteiger partial charge in [0, 0.05) is 11.0 Å². The van der Waals surface area contributed by atoms with Crippen LogP contribution in [-0.4, -0.2) is 22.2 Å². The second kappa shape index (κ2) is 4.88. The molecular formula is C12H13Br2NO. The summed E-state index contributed by atoms with van der Waals surface area (Å²) in [5.41, 5.74) is 1.17. The lowest BCUT2D eigenvalue weighted by atomic mass is 10.1. The monoisotopic (exact) mass is 345 g/mol. The zero-order valence-corrected chi connectivity index (χ0v) is 12.2. The molecule has 1 amide bonds. The first-order chi connectivity index (χ1) is 7.59. The van der Waals surface area contributed by atoms with Gasteiger partial charge in [-0.05, 0) is 31.0 Å². The van der Waals surface area contributed by atoms with Crippen LogP contribution in [0, 0.1) is 0 Å². The van der Waals surface area contributed by atoms with Gasteiger partial charge in [-0.2, -0.15) is 0 Å². The molecule has 1 aliphatic heterocycles. The third-order valence-electron chi connectivity index (χ3n) is 2.97. The van der Waals surface area contributed by atoms with Crippen LogP contribution < -0.4 is 0 Å². The molecule has 0 aliphatic carbocycles. The fourth-order valence-corrected chi connectivity index (χ4v) is 2.88. The second-order valence-electron chi connectivity index (χ2n) is 4.02. The Balaban J connectivity index is 2.19. The summed E-state index contributed by atoms with van der Waals surface area (Å²) in [4.78, 5) is 13.8. The minimum Gasteiger partial charge on any atom is -0.335 e. The number of carbonyl (C=O) groups excluding carboxylic acids is 1. The van der Waals surface area contributed by atoms with Crippen molar-refractivity contribution in [2.45, 2.75) is 24.2 Å². The largest absolute Gasteiger partial charge is 0.335 e. The van der Waals surface area contributed by atoms with Crippen LogP contribution >= 0.6 is 31.9 Å². The number of halogens is 2. The average molecular weight is 347 g/mol. The van der Waals surface area contributed by atoms with Gasteiger partial charge in [0.15, 0.2) is 0 Å². The molecule has 1 aromatic rings. The molecule has 0 spiro atoms. The third-order valence-corrected chi connectivity index (χ3v) is 4.32. The van der Waals surface area contributed by atoms with Gasteiger partial charge in [-0.3, -0.25) is 4.79 Å². The number of likely N-dealkylation sites (tertiary alicyclic amines) is 1. The van der Waals surface area contributed by atoms with E-state index in [9.17, 15) is 4.79 Å². The number of rotatable bonds is 2. The van der Waals surface area contributed by atoms with Crippen LogP contribution in [0.15, 0.2) is 28.7 Å². The first-order valence-corrected chi connectivity index (χ1v) is 7.00. The maximum absolute atomic E-state index is 11.9. The Labute approximate surface area is 112 Å². The molecule has 4 heteroatoms. The number of amides is 1. The Morgan fingerprint density at radius 3 is 2.81 bits per heavy atom. The molecule has 2 atom stereocenters. The van der Waals surface area contributed by atoms with Crippen LogP contribution in [0.4, 0.5) is 0 Å². The fourth-order valence-electron chi connectivity index (χ4n) is 2.00. The van der Waals surface area contributed by atoms with Gasteiger partial charge in [0.1, 0.15) is 0 Å². The van der Waals surface area contributed by atoms with Crippen LogP contribution in [0.1, 0.15) is 24.9 Å².